The largest absolute Gasteiger partial charge is 0.399 e. The second-order valence-electron chi connectivity index (χ2n) is 4.54. The average molecular weight is 270 g/mol. The van der Waals surface area contributed by atoms with Crippen molar-refractivity contribution < 1.29 is 4.79 Å². The van der Waals surface area contributed by atoms with Crippen molar-refractivity contribution in [2.75, 3.05) is 18.1 Å². The number of hydrogen-bond donors (Lipinski definition) is 3. The van der Waals surface area contributed by atoms with Crippen LogP contribution in [0.25, 0.3) is 0 Å². The quantitative estimate of drug-likeness (QED) is 0.744. The number of nitrogens with zero attached hydrogens (tertiary/aromatic N) is 1. The first kappa shape index (κ1) is 13.9. The molecule has 0 saturated carbocycles. The molecule has 0 fully saturated rings. The van der Waals surface area contributed by atoms with Gasteiger partial charge in [-0.2, -0.15) is 0 Å². The van der Waals surface area contributed by atoms with E-state index >= 15 is 0 Å². The molecule has 0 aliphatic carbocycles. The number of nitrogens with one attached hydrogen (secondary N) is 2. The number of nitrogens with two attached hydrogens (primary N) is 1. The van der Waals surface area contributed by atoms with Crippen molar-refractivity contribution in [3.8, 4) is 0 Å². The monoisotopic (exact) mass is 270 g/mol. The summed E-state index contributed by atoms with van der Waals surface area (Å²) in [7, 11) is 1.60. The lowest BCUT2D eigenvalue weighted by atomic mass is 10.1. The predicted octanol–water partition coefficient (Wildman–Crippen LogP) is 2.20. The first-order chi connectivity index (χ1) is 9.61. The average Bonchev–Trinajstić information content (AvgIpc) is 2.47. The summed E-state index contributed by atoms with van der Waals surface area (Å²) in [6, 6.07) is 9.08. The van der Waals surface area contributed by atoms with Gasteiger partial charge >= 0.3 is 0 Å². The van der Waals surface area contributed by atoms with E-state index in [1.165, 1.54) is 0 Å². The van der Waals surface area contributed by atoms with Crippen molar-refractivity contribution in [3.63, 3.8) is 0 Å². The van der Waals surface area contributed by atoms with Gasteiger partial charge < -0.3 is 16.4 Å². The van der Waals surface area contributed by atoms with Crippen molar-refractivity contribution in [2.24, 2.45) is 0 Å². The number of anilines is 2. The summed E-state index contributed by atoms with van der Waals surface area (Å²) < 4.78 is 0. The van der Waals surface area contributed by atoms with Crippen LogP contribution >= 0.6 is 0 Å². The third kappa shape index (κ3) is 3.06. The number of pyridine rings is 1. The maximum absolute atomic E-state index is 11.9. The van der Waals surface area contributed by atoms with Crippen LogP contribution in [0.4, 0.5) is 11.4 Å². The van der Waals surface area contributed by atoms with Gasteiger partial charge in [0.05, 0.1) is 11.6 Å². The van der Waals surface area contributed by atoms with Gasteiger partial charge in [-0.05, 0) is 36.8 Å². The minimum absolute atomic E-state index is 0.0221. The molecule has 1 atom stereocenters. The molecule has 1 amide bonds. The lowest BCUT2D eigenvalue weighted by Crippen LogP contribution is -2.20. The number of nitrogen functional groups attached to an aromatic ring is 1. The van der Waals surface area contributed by atoms with E-state index in [4.69, 9.17) is 5.73 Å². The minimum Gasteiger partial charge on any atom is -0.399 e. The van der Waals surface area contributed by atoms with Crippen LogP contribution in [0.15, 0.2) is 42.7 Å². The summed E-state index contributed by atoms with van der Waals surface area (Å²) in [6.45, 7) is 2.01. The molecule has 1 heterocycles. The number of benzene rings is 1. The Labute approximate surface area is 118 Å². The molecular formula is C15H18N4O. The molecule has 5 nitrogen and oxygen atoms in total. The highest BCUT2D eigenvalue weighted by molar-refractivity contribution is 6.00. The summed E-state index contributed by atoms with van der Waals surface area (Å²) in [4.78, 5) is 16.0. The van der Waals surface area contributed by atoms with Gasteiger partial charge in [0.1, 0.15) is 0 Å². The third-order valence-corrected chi connectivity index (χ3v) is 3.07. The standard InChI is InChI=1S/C15H18N4O/c1-10(11-4-3-7-18-9-11)19-14-8-12(16)5-6-13(14)15(20)17-2/h3-10,19H,16H2,1-2H3,(H,17,20). The van der Waals surface area contributed by atoms with Gasteiger partial charge in [-0.3, -0.25) is 9.78 Å². The van der Waals surface area contributed by atoms with Gasteiger partial charge in [-0.15, -0.1) is 0 Å². The van der Waals surface area contributed by atoms with Crippen LogP contribution in [0, 0.1) is 0 Å². The van der Waals surface area contributed by atoms with Crippen molar-refractivity contribution in [1.82, 2.24) is 10.3 Å². The van der Waals surface area contributed by atoms with E-state index in [9.17, 15) is 4.79 Å². The topological polar surface area (TPSA) is 80.0 Å². The summed E-state index contributed by atoms with van der Waals surface area (Å²) in [5.41, 5.74) is 8.72. The maximum atomic E-state index is 11.9. The van der Waals surface area contributed by atoms with E-state index in [0.717, 1.165) is 5.56 Å². The normalized spacial score (nSPS) is 11.7. The summed E-state index contributed by atoms with van der Waals surface area (Å²) in [6.07, 6.45) is 3.52. The van der Waals surface area contributed by atoms with Crippen LogP contribution in [-0.2, 0) is 0 Å². The molecule has 2 rings (SSSR count). The lowest BCUT2D eigenvalue weighted by molar-refractivity contribution is 0.0964. The Morgan fingerprint density at radius 3 is 2.80 bits per heavy atom. The Morgan fingerprint density at radius 1 is 1.35 bits per heavy atom. The first-order valence-corrected chi connectivity index (χ1v) is 6.40. The second-order valence-corrected chi connectivity index (χ2v) is 4.54. The van der Waals surface area contributed by atoms with Crippen LogP contribution in [-0.4, -0.2) is 17.9 Å². The van der Waals surface area contributed by atoms with Gasteiger partial charge in [0.15, 0.2) is 0 Å². The highest BCUT2D eigenvalue weighted by atomic mass is 16.1. The zero-order valence-corrected chi connectivity index (χ0v) is 11.6. The summed E-state index contributed by atoms with van der Waals surface area (Å²) in [5, 5.41) is 5.92. The molecule has 4 N–H and O–H groups in total. The van der Waals surface area contributed by atoms with E-state index in [1.54, 1.807) is 37.6 Å². The number of rotatable bonds is 4. The molecule has 20 heavy (non-hydrogen) atoms. The summed E-state index contributed by atoms with van der Waals surface area (Å²) in [5.74, 6) is -0.147. The molecule has 0 radical (unpaired) electrons. The number of amides is 1. The predicted molar refractivity (Wildman–Crippen MR) is 80.5 cm³/mol. The number of aromatic nitrogens is 1. The molecule has 0 bridgehead atoms. The lowest BCUT2D eigenvalue weighted by Gasteiger charge is -2.18. The van der Waals surface area contributed by atoms with E-state index < -0.39 is 0 Å². The Balaban J connectivity index is 2.28. The van der Waals surface area contributed by atoms with Crippen LogP contribution in [0.1, 0.15) is 28.9 Å². The van der Waals surface area contributed by atoms with Crippen molar-refractivity contribution in [2.45, 2.75) is 13.0 Å². The van der Waals surface area contributed by atoms with E-state index in [-0.39, 0.29) is 11.9 Å². The Morgan fingerprint density at radius 2 is 2.15 bits per heavy atom. The fourth-order valence-corrected chi connectivity index (χ4v) is 1.96. The Hall–Kier alpha value is -2.56. The molecule has 1 aromatic carbocycles. The van der Waals surface area contributed by atoms with Gasteiger partial charge in [0.25, 0.3) is 5.91 Å². The maximum Gasteiger partial charge on any atom is 0.253 e. The first-order valence-electron chi connectivity index (χ1n) is 6.40. The molecule has 0 spiro atoms. The molecule has 0 saturated heterocycles. The van der Waals surface area contributed by atoms with Gasteiger partial charge in [-0.1, -0.05) is 6.07 Å². The van der Waals surface area contributed by atoms with Crippen LogP contribution in [0.2, 0.25) is 0 Å². The van der Waals surface area contributed by atoms with Gasteiger partial charge in [0.2, 0.25) is 0 Å². The Bertz CT molecular complexity index is 598. The summed E-state index contributed by atoms with van der Waals surface area (Å²) >= 11 is 0. The molecule has 1 aromatic heterocycles. The van der Waals surface area contributed by atoms with Crippen LogP contribution < -0.4 is 16.4 Å². The molecule has 5 heteroatoms. The third-order valence-electron chi connectivity index (χ3n) is 3.07. The highest BCUT2D eigenvalue weighted by Gasteiger charge is 2.13. The Kier molecular flexibility index (Phi) is 4.20. The fourth-order valence-electron chi connectivity index (χ4n) is 1.96. The van der Waals surface area contributed by atoms with Gasteiger partial charge in [0, 0.05) is 30.8 Å². The highest BCUT2D eigenvalue weighted by Crippen LogP contribution is 2.24. The minimum atomic E-state index is -0.147. The molecular weight excluding hydrogens is 252 g/mol. The molecule has 2 aromatic rings. The van der Waals surface area contributed by atoms with E-state index in [0.29, 0.717) is 16.9 Å². The van der Waals surface area contributed by atoms with Crippen LogP contribution in [0.3, 0.4) is 0 Å². The zero-order valence-electron chi connectivity index (χ0n) is 11.6. The smallest absolute Gasteiger partial charge is 0.253 e. The van der Waals surface area contributed by atoms with Gasteiger partial charge in [-0.25, -0.2) is 0 Å². The number of carbonyl (C=O) groups excluding carboxylic acids is 1. The zero-order chi connectivity index (χ0) is 14.5. The number of hydrogen-bond acceptors (Lipinski definition) is 4. The second kappa shape index (κ2) is 6.06. The van der Waals surface area contributed by atoms with Crippen molar-refractivity contribution in [3.05, 3.63) is 53.9 Å². The van der Waals surface area contributed by atoms with Crippen molar-refractivity contribution >= 4 is 17.3 Å². The molecule has 0 aliphatic heterocycles. The van der Waals surface area contributed by atoms with Crippen molar-refractivity contribution in [1.29, 1.82) is 0 Å². The molecule has 1 unspecified atom stereocenters. The number of carbonyl (C=O) groups is 1. The SMILES string of the molecule is CNC(=O)c1ccc(N)cc1NC(C)c1cccnc1. The molecule has 104 valence electrons. The van der Waals surface area contributed by atoms with Crippen LogP contribution in [0.5, 0.6) is 0 Å². The molecule has 0 aliphatic rings. The fraction of sp³-hybridized carbons (Fsp3) is 0.200. The van der Waals surface area contributed by atoms with E-state index in [2.05, 4.69) is 15.6 Å². The van der Waals surface area contributed by atoms with E-state index in [1.807, 2.05) is 19.1 Å².